The first kappa shape index (κ1) is 13.1. The average molecular weight is 253 g/mol. The molecule has 1 N–H and O–H groups in total. The van der Waals surface area contributed by atoms with Crippen LogP contribution in [0.15, 0.2) is 54.6 Å². The smallest absolute Gasteiger partial charge is 0.247 e. The molecule has 0 aliphatic heterocycles. The summed E-state index contributed by atoms with van der Waals surface area (Å²) in [5.74, 6) is -0.410. The molecule has 0 spiro atoms. The van der Waals surface area contributed by atoms with E-state index in [2.05, 4.69) is 0 Å². The van der Waals surface area contributed by atoms with Gasteiger partial charge in [0.2, 0.25) is 5.91 Å². The Morgan fingerprint density at radius 3 is 2.00 bits per heavy atom. The topological polar surface area (TPSA) is 40.5 Å². The van der Waals surface area contributed by atoms with E-state index in [0.29, 0.717) is 10.8 Å². The van der Waals surface area contributed by atoms with Gasteiger partial charge in [0.05, 0.1) is 5.69 Å². The second-order valence-corrected chi connectivity index (χ2v) is 4.17. The van der Waals surface area contributed by atoms with E-state index < -0.39 is 5.91 Å². The predicted molar refractivity (Wildman–Crippen MR) is 76.8 cm³/mol. The number of rotatable bonds is 3. The van der Waals surface area contributed by atoms with Crippen LogP contribution in [0, 0.1) is 0 Å². The van der Waals surface area contributed by atoms with Crippen LogP contribution in [-0.2, 0) is 4.79 Å². The average Bonchev–Trinajstić information content (AvgIpc) is 2.46. The summed E-state index contributed by atoms with van der Waals surface area (Å²) in [5, 5.41) is 10.1. The number of benzene rings is 2. The lowest BCUT2D eigenvalue weighted by Crippen LogP contribution is -2.23. The molecule has 0 saturated heterocycles. The molecule has 0 heterocycles. The number of anilines is 1. The Bertz CT molecular complexity index is 573. The van der Waals surface area contributed by atoms with E-state index in [-0.39, 0.29) is 0 Å². The zero-order chi connectivity index (χ0) is 13.7. The fraction of sp³-hybridized carbons (Fsp3) is 0.0625. The quantitative estimate of drug-likeness (QED) is 0.516. The van der Waals surface area contributed by atoms with Gasteiger partial charge in [-0.15, -0.1) is 0 Å². The van der Waals surface area contributed by atoms with Gasteiger partial charge in [-0.25, -0.2) is 0 Å². The highest BCUT2D eigenvalue weighted by Crippen LogP contribution is 2.15. The zero-order valence-electron chi connectivity index (χ0n) is 10.7. The van der Waals surface area contributed by atoms with Crippen molar-refractivity contribution in [3.63, 3.8) is 0 Å². The largest absolute Gasteiger partial charge is 0.281 e. The first-order valence-electron chi connectivity index (χ1n) is 5.99. The van der Waals surface area contributed by atoms with E-state index >= 15 is 0 Å². The van der Waals surface area contributed by atoms with Crippen LogP contribution in [0.2, 0.25) is 0 Å². The zero-order valence-corrected chi connectivity index (χ0v) is 10.7. The van der Waals surface area contributed by atoms with Gasteiger partial charge in [0, 0.05) is 6.92 Å². The Labute approximate surface area is 112 Å². The molecular weight excluding hydrogens is 238 g/mol. The summed E-state index contributed by atoms with van der Waals surface area (Å²) in [4.78, 5) is 11.0. The number of carbonyl (C=O) groups is 1. The van der Waals surface area contributed by atoms with E-state index in [4.69, 9.17) is 0 Å². The highest BCUT2D eigenvalue weighted by molar-refractivity contribution is 5.89. The van der Waals surface area contributed by atoms with Crippen molar-refractivity contribution in [2.45, 2.75) is 6.92 Å². The van der Waals surface area contributed by atoms with Gasteiger partial charge in [0.15, 0.2) is 0 Å². The molecule has 19 heavy (non-hydrogen) atoms. The Hall–Kier alpha value is -2.39. The number of hydrogen-bond donors (Lipinski definition) is 1. The first-order chi connectivity index (χ1) is 9.16. The van der Waals surface area contributed by atoms with Crippen molar-refractivity contribution >= 4 is 23.7 Å². The lowest BCUT2D eigenvalue weighted by Gasteiger charge is -2.12. The van der Waals surface area contributed by atoms with Crippen LogP contribution in [0.4, 0.5) is 5.69 Å². The second-order valence-electron chi connectivity index (χ2n) is 4.17. The molecule has 0 bridgehead atoms. The van der Waals surface area contributed by atoms with Gasteiger partial charge >= 0.3 is 0 Å². The van der Waals surface area contributed by atoms with E-state index in [1.54, 1.807) is 12.1 Å². The Morgan fingerprint density at radius 2 is 1.47 bits per heavy atom. The van der Waals surface area contributed by atoms with Crippen molar-refractivity contribution in [3.05, 3.63) is 65.7 Å². The minimum atomic E-state index is -0.410. The van der Waals surface area contributed by atoms with Gasteiger partial charge in [-0.1, -0.05) is 54.6 Å². The maximum atomic E-state index is 11.0. The molecule has 0 saturated carbocycles. The predicted octanol–water partition coefficient (Wildman–Crippen LogP) is 3.60. The fourth-order valence-electron chi connectivity index (χ4n) is 1.67. The van der Waals surface area contributed by atoms with Crippen molar-refractivity contribution in [1.29, 1.82) is 0 Å². The SMILES string of the molecule is CC(=O)N(O)c1ccc(/C=C/c2ccccc2)cc1. The Balaban J connectivity index is 2.11. The van der Waals surface area contributed by atoms with Crippen molar-refractivity contribution in [1.82, 2.24) is 0 Å². The molecule has 1 amide bonds. The van der Waals surface area contributed by atoms with Crippen molar-refractivity contribution in [2.75, 3.05) is 5.06 Å². The van der Waals surface area contributed by atoms with Crippen LogP contribution in [0.5, 0.6) is 0 Å². The molecule has 3 nitrogen and oxygen atoms in total. The highest BCUT2D eigenvalue weighted by atomic mass is 16.5. The summed E-state index contributed by atoms with van der Waals surface area (Å²) in [6.45, 7) is 1.31. The lowest BCUT2D eigenvalue weighted by molar-refractivity contribution is -0.121. The third kappa shape index (κ3) is 3.53. The van der Waals surface area contributed by atoms with Crippen molar-refractivity contribution in [2.24, 2.45) is 0 Å². The van der Waals surface area contributed by atoms with Crippen molar-refractivity contribution in [3.8, 4) is 0 Å². The monoisotopic (exact) mass is 253 g/mol. The Morgan fingerprint density at radius 1 is 0.947 bits per heavy atom. The summed E-state index contributed by atoms with van der Waals surface area (Å²) in [5.41, 5.74) is 2.59. The summed E-state index contributed by atoms with van der Waals surface area (Å²) in [6.07, 6.45) is 3.99. The number of hydroxylamine groups is 1. The van der Waals surface area contributed by atoms with E-state index in [1.807, 2.05) is 54.6 Å². The lowest BCUT2D eigenvalue weighted by atomic mass is 10.1. The summed E-state index contributed by atoms with van der Waals surface area (Å²) >= 11 is 0. The van der Waals surface area contributed by atoms with E-state index in [9.17, 15) is 10.0 Å². The standard InChI is InChI=1S/C16H15NO2/c1-13(18)17(19)16-11-9-15(10-12-16)8-7-14-5-3-2-4-6-14/h2-12,19H,1H3/b8-7+. The molecule has 2 aromatic carbocycles. The van der Waals surface area contributed by atoms with E-state index in [1.165, 1.54) is 6.92 Å². The highest BCUT2D eigenvalue weighted by Gasteiger charge is 2.06. The summed E-state index contributed by atoms with van der Waals surface area (Å²) < 4.78 is 0. The molecule has 0 fully saturated rings. The number of amides is 1. The van der Waals surface area contributed by atoms with Crippen LogP contribution in [-0.4, -0.2) is 11.1 Å². The molecule has 2 rings (SSSR count). The van der Waals surface area contributed by atoms with Gasteiger partial charge in [-0.05, 0) is 23.3 Å². The maximum Gasteiger partial charge on any atom is 0.247 e. The molecule has 0 aliphatic rings. The molecule has 2 aromatic rings. The van der Waals surface area contributed by atoms with Crippen LogP contribution >= 0.6 is 0 Å². The fourth-order valence-corrected chi connectivity index (χ4v) is 1.67. The number of nitrogens with zero attached hydrogens (tertiary/aromatic N) is 1. The molecular formula is C16H15NO2. The molecule has 3 heteroatoms. The molecule has 0 radical (unpaired) electrons. The maximum absolute atomic E-state index is 11.0. The number of hydrogen-bond acceptors (Lipinski definition) is 2. The molecule has 0 aliphatic carbocycles. The van der Waals surface area contributed by atoms with Crippen LogP contribution < -0.4 is 5.06 Å². The molecule has 0 unspecified atom stereocenters. The summed E-state index contributed by atoms with van der Waals surface area (Å²) in [7, 11) is 0. The van der Waals surface area contributed by atoms with Gasteiger partial charge in [-0.3, -0.25) is 10.0 Å². The van der Waals surface area contributed by atoms with Gasteiger partial charge in [-0.2, -0.15) is 5.06 Å². The summed E-state index contributed by atoms with van der Waals surface area (Å²) in [6, 6.07) is 17.1. The third-order valence-corrected chi connectivity index (χ3v) is 2.70. The van der Waals surface area contributed by atoms with Gasteiger partial charge in [0.25, 0.3) is 0 Å². The van der Waals surface area contributed by atoms with E-state index in [0.717, 1.165) is 11.1 Å². The van der Waals surface area contributed by atoms with Crippen LogP contribution in [0.1, 0.15) is 18.1 Å². The van der Waals surface area contributed by atoms with Crippen LogP contribution in [0.25, 0.3) is 12.2 Å². The second kappa shape index (κ2) is 5.98. The normalized spacial score (nSPS) is 10.6. The van der Waals surface area contributed by atoms with Crippen molar-refractivity contribution < 1.29 is 10.0 Å². The minimum absolute atomic E-state index is 0.410. The third-order valence-electron chi connectivity index (χ3n) is 2.70. The first-order valence-corrected chi connectivity index (χ1v) is 5.99. The van der Waals surface area contributed by atoms with Gasteiger partial charge in [0.1, 0.15) is 0 Å². The van der Waals surface area contributed by atoms with Crippen LogP contribution in [0.3, 0.4) is 0 Å². The molecule has 0 aromatic heterocycles. The Kier molecular flexibility index (Phi) is 4.11. The number of carbonyl (C=O) groups excluding carboxylic acids is 1. The van der Waals surface area contributed by atoms with Gasteiger partial charge < -0.3 is 0 Å². The molecule has 0 atom stereocenters. The molecule has 96 valence electrons. The minimum Gasteiger partial charge on any atom is -0.281 e.